The average Bonchev–Trinajstić information content (AvgIpc) is 2.88. The fourth-order valence-electron chi connectivity index (χ4n) is 4.09. The van der Waals surface area contributed by atoms with Crippen LogP contribution in [0.15, 0.2) is 30.3 Å². The predicted molar refractivity (Wildman–Crippen MR) is 142 cm³/mol. The SMILES string of the molecule is CC[C@H](C)[C@H](NC(=O)[C@H](Cc1ccccc1)NC(=O)CCC1OCCCN1C(=O)OC(C)(C)C)C(=O)OC. The molecule has 0 bridgehead atoms. The van der Waals surface area contributed by atoms with Gasteiger partial charge in [-0.3, -0.25) is 14.5 Å². The van der Waals surface area contributed by atoms with Crippen LogP contribution in [0.2, 0.25) is 0 Å². The van der Waals surface area contributed by atoms with Crippen molar-refractivity contribution in [3.05, 3.63) is 35.9 Å². The highest BCUT2D eigenvalue weighted by molar-refractivity contribution is 5.91. The zero-order valence-electron chi connectivity index (χ0n) is 23.5. The Hall–Kier alpha value is -3.14. The molecule has 2 rings (SSSR count). The topological polar surface area (TPSA) is 123 Å². The first-order chi connectivity index (χ1) is 17.9. The van der Waals surface area contributed by atoms with Gasteiger partial charge < -0.3 is 24.8 Å². The van der Waals surface area contributed by atoms with Gasteiger partial charge in [-0.2, -0.15) is 0 Å². The highest BCUT2D eigenvalue weighted by atomic mass is 16.6. The lowest BCUT2D eigenvalue weighted by Crippen LogP contribution is -2.54. The number of carbonyl (C=O) groups is 4. The lowest BCUT2D eigenvalue weighted by atomic mass is 9.98. The van der Waals surface area contributed by atoms with Crippen molar-refractivity contribution < 1.29 is 33.4 Å². The Labute approximate surface area is 225 Å². The van der Waals surface area contributed by atoms with Crippen LogP contribution in [0.1, 0.15) is 65.9 Å². The molecule has 0 aliphatic carbocycles. The van der Waals surface area contributed by atoms with E-state index in [-0.39, 0.29) is 31.1 Å². The summed E-state index contributed by atoms with van der Waals surface area (Å²) in [6, 6.07) is 7.58. The monoisotopic (exact) mass is 533 g/mol. The summed E-state index contributed by atoms with van der Waals surface area (Å²) in [6.07, 6.45) is 0.792. The molecule has 3 amide bonds. The molecule has 0 spiro atoms. The Morgan fingerprint density at radius 1 is 1.13 bits per heavy atom. The molecule has 10 nitrogen and oxygen atoms in total. The maximum absolute atomic E-state index is 13.3. The molecule has 1 heterocycles. The molecule has 1 fully saturated rings. The van der Waals surface area contributed by atoms with E-state index in [1.165, 1.54) is 12.0 Å². The molecule has 1 aliphatic heterocycles. The van der Waals surface area contributed by atoms with Gasteiger partial charge in [0.05, 0.1) is 13.7 Å². The molecule has 1 saturated heterocycles. The lowest BCUT2D eigenvalue weighted by molar-refractivity contribution is -0.147. The van der Waals surface area contributed by atoms with E-state index in [1.807, 2.05) is 44.2 Å². The quantitative estimate of drug-likeness (QED) is 0.419. The first-order valence-corrected chi connectivity index (χ1v) is 13.3. The van der Waals surface area contributed by atoms with Crippen LogP contribution in [0.3, 0.4) is 0 Å². The zero-order valence-corrected chi connectivity index (χ0v) is 23.5. The number of nitrogens with zero attached hydrogens (tertiary/aromatic N) is 1. The maximum atomic E-state index is 13.3. The van der Waals surface area contributed by atoms with Crippen molar-refractivity contribution in [1.29, 1.82) is 0 Å². The van der Waals surface area contributed by atoms with E-state index in [2.05, 4.69) is 10.6 Å². The summed E-state index contributed by atoms with van der Waals surface area (Å²) >= 11 is 0. The van der Waals surface area contributed by atoms with Crippen molar-refractivity contribution in [3.63, 3.8) is 0 Å². The molecule has 2 N–H and O–H groups in total. The third-order valence-corrected chi connectivity index (χ3v) is 6.35. The molecule has 38 heavy (non-hydrogen) atoms. The molecule has 1 unspecified atom stereocenters. The Kier molecular flexibility index (Phi) is 12.0. The van der Waals surface area contributed by atoms with E-state index >= 15 is 0 Å². The Morgan fingerprint density at radius 3 is 2.42 bits per heavy atom. The van der Waals surface area contributed by atoms with E-state index in [4.69, 9.17) is 14.2 Å². The van der Waals surface area contributed by atoms with Crippen LogP contribution in [-0.2, 0) is 35.0 Å². The van der Waals surface area contributed by atoms with Crippen molar-refractivity contribution >= 4 is 23.9 Å². The van der Waals surface area contributed by atoms with E-state index in [0.717, 1.165) is 5.56 Å². The smallest absolute Gasteiger partial charge is 0.412 e. The van der Waals surface area contributed by atoms with Crippen LogP contribution in [0.5, 0.6) is 0 Å². The summed E-state index contributed by atoms with van der Waals surface area (Å²) in [6.45, 7) is 10.1. The first kappa shape index (κ1) is 31.1. The zero-order chi connectivity index (χ0) is 28.3. The van der Waals surface area contributed by atoms with Crippen LogP contribution in [0, 0.1) is 5.92 Å². The van der Waals surface area contributed by atoms with Gasteiger partial charge in [-0.1, -0.05) is 50.6 Å². The molecule has 1 aromatic carbocycles. The molecule has 1 aliphatic rings. The predicted octanol–water partition coefficient (Wildman–Crippen LogP) is 3.18. The Bertz CT molecular complexity index is 932. The van der Waals surface area contributed by atoms with Crippen molar-refractivity contribution in [3.8, 4) is 0 Å². The van der Waals surface area contributed by atoms with Crippen LogP contribution in [0.25, 0.3) is 0 Å². The summed E-state index contributed by atoms with van der Waals surface area (Å²) in [4.78, 5) is 52.7. The summed E-state index contributed by atoms with van der Waals surface area (Å²) < 4.78 is 16.1. The molecule has 0 radical (unpaired) electrons. The van der Waals surface area contributed by atoms with Gasteiger partial charge in [-0.15, -0.1) is 0 Å². The number of benzene rings is 1. The van der Waals surface area contributed by atoms with Crippen molar-refractivity contribution in [2.24, 2.45) is 5.92 Å². The standard InChI is InChI=1S/C28H43N3O7/c1-7-19(2)24(26(34)36-6)30-25(33)21(18-20-12-9-8-10-13-20)29-22(32)14-15-23-31(16-11-17-37-23)27(35)38-28(3,4)5/h8-10,12-13,19,21,23-24H,7,11,14-18H2,1-6H3,(H,29,32)(H,30,33)/t19-,21-,23?,24-/m0/s1. The van der Waals surface area contributed by atoms with Gasteiger partial charge in [0.2, 0.25) is 11.8 Å². The Balaban J connectivity index is 2.09. The summed E-state index contributed by atoms with van der Waals surface area (Å²) in [7, 11) is 1.28. The summed E-state index contributed by atoms with van der Waals surface area (Å²) in [5.41, 5.74) is 0.212. The van der Waals surface area contributed by atoms with E-state index < -0.39 is 41.9 Å². The molecule has 0 saturated carbocycles. The molecule has 212 valence electrons. The van der Waals surface area contributed by atoms with E-state index in [0.29, 0.717) is 26.0 Å². The van der Waals surface area contributed by atoms with Gasteiger partial charge in [0.1, 0.15) is 23.9 Å². The number of hydrogen-bond donors (Lipinski definition) is 2. The summed E-state index contributed by atoms with van der Waals surface area (Å²) in [5.74, 6) is -1.52. The third kappa shape index (κ3) is 9.96. The normalized spacial score (nSPS) is 18.1. The fraction of sp³-hybridized carbons (Fsp3) is 0.643. The second-order valence-electron chi connectivity index (χ2n) is 10.6. The van der Waals surface area contributed by atoms with Crippen LogP contribution in [-0.4, -0.2) is 73.0 Å². The third-order valence-electron chi connectivity index (χ3n) is 6.35. The minimum absolute atomic E-state index is 0.0360. The summed E-state index contributed by atoms with van der Waals surface area (Å²) in [5, 5.41) is 5.58. The van der Waals surface area contributed by atoms with E-state index in [1.54, 1.807) is 20.8 Å². The number of carbonyl (C=O) groups excluding carboxylic acids is 4. The number of methoxy groups -OCH3 is 1. The van der Waals surface area contributed by atoms with Gasteiger partial charge in [0.25, 0.3) is 0 Å². The highest BCUT2D eigenvalue weighted by Crippen LogP contribution is 2.19. The van der Waals surface area contributed by atoms with Crippen LogP contribution < -0.4 is 10.6 Å². The van der Waals surface area contributed by atoms with Gasteiger partial charge >= 0.3 is 12.1 Å². The van der Waals surface area contributed by atoms with E-state index in [9.17, 15) is 19.2 Å². The maximum Gasteiger partial charge on any atom is 0.412 e. The average molecular weight is 534 g/mol. The fourth-order valence-corrected chi connectivity index (χ4v) is 4.09. The highest BCUT2D eigenvalue weighted by Gasteiger charge is 2.33. The minimum Gasteiger partial charge on any atom is -0.467 e. The van der Waals surface area contributed by atoms with Gasteiger partial charge in [0, 0.05) is 25.8 Å². The number of esters is 1. The van der Waals surface area contributed by atoms with Crippen molar-refractivity contribution in [2.45, 2.75) is 90.6 Å². The number of rotatable bonds is 11. The van der Waals surface area contributed by atoms with Crippen LogP contribution >= 0.6 is 0 Å². The number of nitrogens with one attached hydrogen (secondary N) is 2. The van der Waals surface area contributed by atoms with Crippen LogP contribution in [0.4, 0.5) is 4.79 Å². The molecule has 1 aromatic rings. The largest absolute Gasteiger partial charge is 0.467 e. The Morgan fingerprint density at radius 2 is 1.82 bits per heavy atom. The first-order valence-electron chi connectivity index (χ1n) is 13.3. The second-order valence-corrected chi connectivity index (χ2v) is 10.6. The van der Waals surface area contributed by atoms with Crippen molar-refractivity contribution in [2.75, 3.05) is 20.3 Å². The van der Waals surface area contributed by atoms with Gasteiger partial charge in [-0.05, 0) is 38.7 Å². The minimum atomic E-state index is -0.907. The van der Waals surface area contributed by atoms with Crippen molar-refractivity contribution in [1.82, 2.24) is 15.5 Å². The van der Waals surface area contributed by atoms with Gasteiger partial charge in [0.15, 0.2) is 0 Å². The molecule has 10 heteroatoms. The second kappa shape index (κ2) is 14.7. The lowest BCUT2D eigenvalue weighted by Gasteiger charge is -2.36. The molecule has 0 aromatic heterocycles. The molecular formula is C28H43N3O7. The number of amides is 3. The van der Waals surface area contributed by atoms with Gasteiger partial charge in [-0.25, -0.2) is 9.59 Å². The number of hydrogen-bond acceptors (Lipinski definition) is 7. The molecular weight excluding hydrogens is 490 g/mol. The molecule has 4 atom stereocenters. The number of ether oxygens (including phenoxy) is 3.